The molecular formula is C28H26N4O4S. The zero-order valence-corrected chi connectivity index (χ0v) is 21.7. The summed E-state index contributed by atoms with van der Waals surface area (Å²) in [6, 6.07) is 19.6. The number of benzene rings is 2. The fourth-order valence-corrected chi connectivity index (χ4v) is 5.25. The molecule has 3 heterocycles. The predicted octanol–water partition coefficient (Wildman–Crippen LogP) is 3.54. The lowest BCUT2D eigenvalue weighted by molar-refractivity contribution is -0.113. The Balaban J connectivity index is 1.65. The molecule has 1 aliphatic rings. The van der Waals surface area contributed by atoms with Crippen LogP contribution in [0.4, 0.5) is 11.6 Å². The summed E-state index contributed by atoms with van der Waals surface area (Å²) < 4.78 is 13.2. The molecule has 1 aliphatic heterocycles. The smallest absolute Gasteiger partial charge is 0.271 e. The summed E-state index contributed by atoms with van der Waals surface area (Å²) in [4.78, 5) is 34.4. The first-order valence-electron chi connectivity index (χ1n) is 11.7. The number of ether oxygens (including phenoxy) is 1. The van der Waals surface area contributed by atoms with Crippen molar-refractivity contribution in [2.24, 2.45) is 4.99 Å². The number of allylic oxidation sites excluding steroid dienone is 1. The number of furan rings is 1. The quantitative estimate of drug-likeness (QED) is 0.425. The topological polar surface area (TPSA) is 89.1 Å². The molecule has 0 spiro atoms. The van der Waals surface area contributed by atoms with Gasteiger partial charge in [-0.25, -0.2) is 4.99 Å². The van der Waals surface area contributed by atoms with Crippen LogP contribution in [-0.2, 0) is 4.79 Å². The van der Waals surface area contributed by atoms with Crippen molar-refractivity contribution in [2.75, 3.05) is 31.4 Å². The molecule has 0 bridgehead atoms. The van der Waals surface area contributed by atoms with Gasteiger partial charge in [-0.05, 0) is 42.8 Å². The summed E-state index contributed by atoms with van der Waals surface area (Å²) in [5.41, 5.74) is 2.14. The number of carbonyl (C=O) groups excluding carboxylic acids is 1. The zero-order valence-electron chi connectivity index (χ0n) is 20.9. The third-order valence-electron chi connectivity index (χ3n) is 6.06. The highest BCUT2D eigenvalue weighted by Gasteiger charge is 2.32. The lowest BCUT2D eigenvalue weighted by atomic mass is 9.95. The largest absolute Gasteiger partial charge is 0.497 e. The maximum absolute atomic E-state index is 13.7. The van der Waals surface area contributed by atoms with E-state index in [1.54, 1.807) is 24.7 Å². The van der Waals surface area contributed by atoms with E-state index in [-0.39, 0.29) is 11.5 Å². The van der Waals surface area contributed by atoms with Gasteiger partial charge < -0.3 is 19.4 Å². The number of para-hydroxylation sites is 1. The van der Waals surface area contributed by atoms with Gasteiger partial charge in [-0.2, -0.15) is 0 Å². The van der Waals surface area contributed by atoms with Crippen molar-refractivity contribution in [3.8, 4) is 5.75 Å². The number of nitrogens with zero attached hydrogens (tertiary/aromatic N) is 3. The summed E-state index contributed by atoms with van der Waals surface area (Å²) in [6.07, 6.45) is 1.71. The van der Waals surface area contributed by atoms with E-state index in [9.17, 15) is 9.59 Å². The van der Waals surface area contributed by atoms with E-state index in [0.717, 1.165) is 5.56 Å². The van der Waals surface area contributed by atoms with Crippen molar-refractivity contribution >= 4 is 34.9 Å². The van der Waals surface area contributed by atoms with E-state index in [1.807, 2.05) is 85.7 Å². The van der Waals surface area contributed by atoms with Crippen LogP contribution in [-0.4, -0.2) is 31.7 Å². The normalized spacial score (nSPS) is 15.2. The Morgan fingerprint density at radius 3 is 2.49 bits per heavy atom. The Hall–Kier alpha value is -4.37. The number of rotatable bonds is 6. The highest BCUT2D eigenvalue weighted by Crippen LogP contribution is 2.31. The maximum atomic E-state index is 13.7. The summed E-state index contributed by atoms with van der Waals surface area (Å²) in [6.45, 7) is 1.80. The van der Waals surface area contributed by atoms with E-state index in [4.69, 9.17) is 9.15 Å². The highest BCUT2D eigenvalue weighted by molar-refractivity contribution is 7.07. The van der Waals surface area contributed by atoms with E-state index in [0.29, 0.717) is 43.7 Å². The SMILES string of the molecule is COc1ccc([C@@H]2C(C(=O)Nc3ccccc3)=C(C)N=c3s/c(=C/c4ccc(N(C)C)o4)c(=O)n32)cc1. The first-order chi connectivity index (χ1) is 17.9. The molecule has 37 heavy (non-hydrogen) atoms. The molecule has 5 rings (SSSR count). The van der Waals surface area contributed by atoms with Crippen LogP contribution in [0.2, 0.25) is 0 Å². The fourth-order valence-electron chi connectivity index (χ4n) is 4.22. The number of carbonyl (C=O) groups is 1. The van der Waals surface area contributed by atoms with Crippen LogP contribution in [0, 0.1) is 0 Å². The standard InChI is InChI=1S/C28H26N4O4S/c1-17-24(26(33)30-19-8-6-5-7-9-19)25(18-10-12-20(35-4)13-11-18)32-27(34)22(37-28(32)29-17)16-21-14-15-23(36-21)31(2)3/h5-16,25H,1-4H3,(H,30,33)/b22-16+/t25-/m1/s1. The average Bonchev–Trinajstić information content (AvgIpc) is 3.48. The summed E-state index contributed by atoms with van der Waals surface area (Å²) >= 11 is 1.27. The van der Waals surface area contributed by atoms with Crippen molar-refractivity contribution in [2.45, 2.75) is 13.0 Å². The second-order valence-corrected chi connectivity index (χ2v) is 9.75. The first kappa shape index (κ1) is 24.3. The Morgan fingerprint density at radius 1 is 1.11 bits per heavy atom. The molecule has 0 fully saturated rings. The van der Waals surface area contributed by atoms with Crippen LogP contribution >= 0.6 is 11.3 Å². The van der Waals surface area contributed by atoms with Gasteiger partial charge in [0.05, 0.1) is 29.0 Å². The number of fused-ring (bicyclic) bond motifs is 1. The number of methoxy groups -OCH3 is 1. The van der Waals surface area contributed by atoms with Crippen molar-refractivity contribution in [3.63, 3.8) is 0 Å². The number of nitrogens with one attached hydrogen (secondary N) is 1. The third kappa shape index (κ3) is 4.73. The fraction of sp³-hybridized carbons (Fsp3) is 0.179. The van der Waals surface area contributed by atoms with Gasteiger partial charge in [-0.15, -0.1) is 0 Å². The molecule has 0 aliphatic carbocycles. The molecule has 9 heteroatoms. The van der Waals surface area contributed by atoms with Gasteiger partial charge in [0.25, 0.3) is 11.5 Å². The minimum atomic E-state index is -0.665. The summed E-state index contributed by atoms with van der Waals surface area (Å²) in [5.74, 6) is 1.62. The lowest BCUT2D eigenvalue weighted by Gasteiger charge is -2.25. The van der Waals surface area contributed by atoms with Gasteiger partial charge in [0.15, 0.2) is 10.7 Å². The summed E-state index contributed by atoms with van der Waals surface area (Å²) in [7, 11) is 5.36. The molecule has 8 nitrogen and oxygen atoms in total. The molecule has 1 atom stereocenters. The minimum absolute atomic E-state index is 0.245. The van der Waals surface area contributed by atoms with Gasteiger partial charge in [-0.3, -0.25) is 14.2 Å². The van der Waals surface area contributed by atoms with Crippen LogP contribution in [0.3, 0.4) is 0 Å². The number of thiazole rings is 1. The Kier molecular flexibility index (Phi) is 6.54. The first-order valence-corrected chi connectivity index (χ1v) is 12.5. The molecule has 2 aromatic carbocycles. The Bertz CT molecular complexity index is 1660. The van der Waals surface area contributed by atoms with Crippen molar-refractivity contribution < 1.29 is 13.9 Å². The van der Waals surface area contributed by atoms with Crippen molar-refractivity contribution in [1.82, 2.24) is 4.57 Å². The molecule has 0 saturated carbocycles. The van der Waals surface area contributed by atoms with Crippen molar-refractivity contribution in [1.29, 1.82) is 0 Å². The monoisotopic (exact) mass is 514 g/mol. The molecule has 0 saturated heterocycles. The van der Waals surface area contributed by atoms with Crippen LogP contribution in [0.1, 0.15) is 24.3 Å². The Morgan fingerprint density at radius 2 is 1.84 bits per heavy atom. The molecule has 1 N–H and O–H groups in total. The average molecular weight is 515 g/mol. The van der Waals surface area contributed by atoms with Crippen molar-refractivity contribution in [3.05, 3.63) is 109 Å². The summed E-state index contributed by atoms with van der Waals surface area (Å²) in [5, 5.41) is 2.95. The van der Waals surface area contributed by atoms with Crippen LogP contribution in [0.25, 0.3) is 6.08 Å². The van der Waals surface area contributed by atoms with Gasteiger partial charge in [0.2, 0.25) is 0 Å². The molecule has 188 valence electrons. The van der Waals surface area contributed by atoms with Crippen LogP contribution in [0.5, 0.6) is 5.75 Å². The van der Waals surface area contributed by atoms with Gasteiger partial charge in [0.1, 0.15) is 11.5 Å². The van der Waals surface area contributed by atoms with Crippen LogP contribution in [0.15, 0.2) is 92.2 Å². The minimum Gasteiger partial charge on any atom is -0.497 e. The lowest BCUT2D eigenvalue weighted by Crippen LogP contribution is -2.40. The van der Waals surface area contributed by atoms with Crippen LogP contribution < -0.4 is 29.8 Å². The molecule has 0 unspecified atom stereocenters. The molecule has 2 aromatic heterocycles. The van der Waals surface area contributed by atoms with Gasteiger partial charge in [0, 0.05) is 31.9 Å². The highest BCUT2D eigenvalue weighted by atomic mass is 32.1. The van der Waals surface area contributed by atoms with E-state index in [2.05, 4.69) is 10.3 Å². The van der Waals surface area contributed by atoms with Gasteiger partial charge in [-0.1, -0.05) is 41.7 Å². The zero-order chi connectivity index (χ0) is 26.1. The molecule has 0 radical (unpaired) electrons. The molecule has 4 aromatic rings. The number of hydrogen-bond acceptors (Lipinski definition) is 7. The van der Waals surface area contributed by atoms with E-state index < -0.39 is 6.04 Å². The number of aromatic nitrogens is 1. The Labute approximate surface area is 217 Å². The molecule has 1 amide bonds. The second kappa shape index (κ2) is 9.94. The number of amides is 1. The molecular weight excluding hydrogens is 488 g/mol. The second-order valence-electron chi connectivity index (χ2n) is 8.75. The van der Waals surface area contributed by atoms with E-state index >= 15 is 0 Å². The van der Waals surface area contributed by atoms with E-state index in [1.165, 1.54) is 11.3 Å². The predicted molar refractivity (Wildman–Crippen MR) is 145 cm³/mol. The maximum Gasteiger partial charge on any atom is 0.271 e. The number of anilines is 2. The van der Waals surface area contributed by atoms with Gasteiger partial charge >= 0.3 is 0 Å². The number of hydrogen-bond donors (Lipinski definition) is 1. The third-order valence-corrected chi connectivity index (χ3v) is 7.04.